The molecule has 0 aliphatic carbocycles. The van der Waals surface area contributed by atoms with Crippen molar-refractivity contribution in [2.24, 2.45) is 0 Å². The summed E-state index contributed by atoms with van der Waals surface area (Å²) in [6, 6.07) is 8.33. The Morgan fingerprint density at radius 1 is 1.45 bits per heavy atom. The summed E-state index contributed by atoms with van der Waals surface area (Å²) in [6.07, 6.45) is 1.44. The number of nitrogens with one attached hydrogen (secondary N) is 2. The monoisotopic (exact) mass is 273 g/mol. The third kappa shape index (κ3) is 2.09. The van der Waals surface area contributed by atoms with Crippen molar-refractivity contribution in [2.45, 2.75) is 25.0 Å². The average molecular weight is 273 g/mol. The Labute approximate surface area is 117 Å². The predicted molar refractivity (Wildman–Crippen MR) is 77.7 cm³/mol. The van der Waals surface area contributed by atoms with Crippen LogP contribution in [-0.2, 0) is 4.79 Å². The molecule has 0 bridgehead atoms. The predicted octanol–water partition coefficient (Wildman–Crippen LogP) is 1.59. The minimum atomic E-state index is -0.818. The number of carbonyl (C=O) groups is 1. The Kier molecular flexibility index (Phi) is 3.23. The quantitative estimate of drug-likeness (QED) is 0.794. The fourth-order valence-electron chi connectivity index (χ4n) is 3.05. The lowest BCUT2D eigenvalue weighted by atomic mass is 9.93. The van der Waals surface area contributed by atoms with Crippen LogP contribution >= 0.6 is 0 Å². The minimum Gasteiger partial charge on any atom is -0.479 e. The number of rotatable bonds is 3. The van der Waals surface area contributed by atoms with Crippen molar-refractivity contribution in [3.8, 4) is 0 Å². The first kappa shape index (κ1) is 13.1. The van der Waals surface area contributed by atoms with Crippen LogP contribution < -0.4 is 5.32 Å². The van der Waals surface area contributed by atoms with Gasteiger partial charge in [-0.15, -0.1) is 0 Å². The molecular formula is C15H19N3O2. The van der Waals surface area contributed by atoms with E-state index in [1.54, 1.807) is 0 Å². The number of hydrogen-bond acceptors (Lipinski definition) is 3. The summed E-state index contributed by atoms with van der Waals surface area (Å²) in [5, 5.41) is 13.6. The van der Waals surface area contributed by atoms with Gasteiger partial charge in [0, 0.05) is 29.7 Å². The number of hydrogen-bond donors (Lipinski definition) is 3. The first-order valence-corrected chi connectivity index (χ1v) is 6.83. The number of aromatic amines is 1. The van der Waals surface area contributed by atoms with Gasteiger partial charge in [0.1, 0.15) is 0 Å². The van der Waals surface area contributed by atoms with E-state index in [1.165, 1.54) is 10.9 Å². The van der Waals surface area contributed by atoms with Gasteiger partial charge in [-0.1, -0.05) is 25.1 Å². The summed E-state index contributed by atoms with van der Waals surface area (Å²) in [5.41, 5.74) is 2.35. The molecule has 2 aromatic rings. The van der Waals surface area contributed by atoms with Crippen LogP contribution in [0.25, 0.3) is 10.9 Å². The number of nitrogens with zero attached hydrogens (tertiary/aromatic N) is 1. The van der Waals surface area contributed by atoms with Crippen molar-refractivity contribution in [3.05, 3.63) is 36.0 Å². The van der Waals surface area contributed by atoms with Gasteiger partial charge >= 0.3 is 5.97 Å². The molecule has 3 N–H and O–H groups in total. The molecule has 1 aromatic heterocycles. The van der Waals surface area contributed by atoms with Gasteiger partial charge in [0.2, 0.25) is 0 Å². The molecule has 3 rings (SSSR count). The van der Waals surface area contributed by atoms with E-state index in [-0.39, 0.29) is 12.0 Å². The Morgan fingerprint density at radius 2 is 2.20 bits per heavy atom. The Balaban J connectivity index is 1.86. The van der Waals surface area contributed by atoms with E-state index < -0.39 is 12.1 Å². The molecule has 1 aliphatic heterocycles. The Hall–Kier alpha value is -1.85. The van der Waals surface area contributed by atoms with Crippen molar-refractivity contribution in [1.29, 1.82) is 0 Å². The molecule has 2 heterocycles. The van der Waals surface area contributed by atoms with E-state index in [4.69, 9.17) is 0 Å². The number of aliphatic carboxylic acids is 1. The molecule has 1 saturated heterocycles. The van der Waals surface area contributed by atoms with Gasteiger partial charge in [-0.3, -0.25) is 10.2 Å². The van der Waals surface area contributed by atoms with Gasteiger partial charge in [-0.2, -0.15) is 0 Å². The second-order valence-corrected chi connectivity index (χ2v) is 5.53. The lowest BCUT2D eigenvalue weighted by Crippen LogP contribution is -2.42. The number of aromatic nitrogens is 1. The number of benzene rings is 1. The molecule has 0 amide bonds. The van der Waals surface area contributed by atoms with Gasteiger partial charge in [-0.05, 0) is 24.6 Å². The van der Waals surface area contributed by atoms with Crippen LogP contribution in [0.15, 0.2) is 30.5 Å². The van der Waals surface area contributed by atoms with Crippen molar-refractivity contribution in [3.63, 3.8) is 0 Å². The normalized spacial score (nSPS) is 25.1. The lowest BCUT2D eigenvalue weighted by Gasteiger charge is -2.19. The summed E-state index contributed by atoms with van der Waals surface area (Å²) in [7, 11) is 1.84. The highest BCUT2D eigenvalue weighted by atomic mass is 16.4. The molecule has 0 spiro atoms. The molecule has 5 heteroatoms. The molecule has 3 atom stereocenters. The van der Waals surface area contributed by atoms with E-state index in [1.807, 2.05) is 30.3 Å². The van der Waals surface area contributed by atoms with Crippen LogP contribution in [0.5, 0.6) is 0 Å². The van der Waals surface area contributed by atoms with E-state index >= 15 is 0 Å². The maximum absolute atomic E-state index is 11.2. The van der Waals surface area contributed by atoms with Crippen LogP contribution in [0.1, 0.15) is 18.4 Å². The van der Waals surface area contributed by atoms with Gasteiger partial charge in [0.15, 0.2) is 6.17 Å². The molecule has 1 fully saturated rings. The molecular weight excluding hydrogens is 254 g/mol. The maximum Gasteiger partial charge on any atom is 0.335 e. The van der Waals surface area contributed by atoms with Crippen LogP contribution in [-0.4, -0.2) is 46.8 Å². The largest absolute Gasteiger partial charge is 0.479 e. The van der Waals surface area contributed by atoms with Gasteiger partial charge in [0.25, 0.3) is 0 Å². The highest BCUT2D eigenvalue weighted by Crippen LogP contribution is 2.29. The highest BCUT2D eigenvalue weighted by Gasteiger charge is 2.36. The highest BCUT2D eigenvalue weighted by molar-refractivity contribution is 5.83. The van der Waals surface area contributed by atoms with E-state index in [9.17, 15) is 9.90 Å². The van der Waals surface area contributed by atoms with Crippen LogP contribution in [0.4, 0.5) is 0 Å². The Bertz CT molecular complexity index is 637. The van der Waals surface area contributed by atoms with Gasteiger partial charge in [0.05, 0.1) is 0 Å². The van der Waals surface area contributed by atoms with Gasteiger partial charge in [-0.25, -0.2) is 4.79 Å². The van der Waals surface area contributed by atoms with Crippen LogP contribution in [0, 0.1) is 0 Å². The second kappa shape index (κ2) is 4.92. The van der Waals surface area contributed by atoms with E-state index in [2.05, 4.69) is 29.4 Å². The summed E-state index contributed by atoms with van der Waals surface area (Å²) < 4.78 is 0. The average Bonchev–Trinajstić information content (AvgIpc) is 3.01. The fourth-order valence-corrected chi connectivity index (χ4v) is 3.05. The molecule has 1 aliphatic rings. The number of carboxylic acids is 1. The number of H-pyrrole nitrogens is 1. The molecule has 3 unspecified atom stereocenters. The number of likely N-dealkylation sites (N-methyl/N-ethyl adjacent to an activating group) is 1. The van der Waals surface area contributed by atoms with Crippen LogP contribution in [0.3, 0.4) is 0 Å². The van der Waals surface area contributed by atoms with Crippen molar-refractivity contribution < 1.29 is 9.90 Å². The SMILES string of the molecule is CC(c1c[nH]c2ccccc12)C1CN(C)C(C(=O)O)N1. The third-order valence-corrected chi connectivity index (χ3v) is 4.25. The van der Waals surface area contributed by atoms with Crippen LogP contribution in [0.2, 0.25) is 0 Å². The summed E-state index contributed by atoms with van der Waals surface area (Å²) in [5.74, 6) is -0.570. The number of fused-ring (bicyclic) bond motifs is 1. The fraction of sp³-hybridized carbons (Fsp3) is 0.400. The molecule has 5 nitrogen and oxygen atoms in total. The first-order chi connectivity index (χ1) is 9.58. The zero-order valence-electron chi connectivity index (χ0n) is 11.6. The van der Waals surface area contributed by atoms with Gasteiger partial charge < -0.3 is 10.1 Å². The maximum atomic E-state index is 11.2. The topological polar surface area (TPSA) is 68.4 Å². The zero-order chi connectivity index (χ0) is 14.3. The lowest BCUT2D eigenvalue weighted by molar-refractivity contribution is -0.142. The molecule has 20 heavy (non-hydrogen) atoms. The Morgan fingerprint density at radius 3 is 2.90 bits per heavy atom. The van der Waals surface area contributed by atoms with Crippen molar-refractivity contribution in [2.75, 3.05) is 13.6 Å². The molecule has 1 aromatic carbocycles. The summed E-state index contributed by atoms with van der Waals surface area (Å²) >= 11 is 0. The second-order valence-electron chi connectivity index (χ2n) is 5.53. The smallest absolute Gasteiger partial charge is 0.335 e. The van der Waals surface area contributed by atoms with Crippen molar-refractivity contribution >= 4 is 16.9 Å². The first-order valence-electron chi connectivity index (χ1n) is 6.83. The standard InChI is InChI=1S/C15H19N3O2/c1-9(13-8-18(2)14(17-13)15(19)20)11-7-16-12-6-4-3-5-10(11)12/h3-7,9,13-14,16-17H,8H2,1-2H3,(H,19,20). The van der Waals surface area contributed by atoms with E-state index in [0.717, 1.165) is 12.1 Å². The minimum absolute atomic E-state index is 0.139. The molecule has 0 saturated carbocycles. The summed E-state index contributed by atoms with van der Waals surface area (Å²) in [6.45, 7) is 2.88. The number of para-hydroxylation sites is 1. The molecule has 106 valence electrons. The molecule has 0 radical (unpaired) electrons. The zero-order valence-corrected chi connectivity index (χ0v) is 11.6. The third-order valence-electron chi connectivity index (χ3n) is 4.25. The summed E-state index contributed by atoms with van der Waals surface area (Å²) in [4.78, 5) is 16.3. The van der Waals surface area contributed by atoms with E-state index in [0.29, 0.717) is 0 Å². The number of carboxylic acid groups (broad SMARTS) is 1. The van der Waals surface area contributed by atoms with Crippen molar-refractivity contribution in [1.82, 2.24) is 15.2 Å².